The van der Waals surface area contributed by atoms with Crippen LogP contribution in [0.1, 0.15) is 106 Å². The van der Waals surface area contributed by atoms with E-state index in [9.17, 15) is 0 Å². The van der Waals surface area contributed by atoms with E-state index in [1.54, 1.807) is 0 Å². The van der Waals surface area contributed by atoms with Gasteiger partial charge in [0.1, 0.15) is 0 Å². The lowest BCUT2D eigenvalue weighted by Gasteiger charge is -2.26. The molecule has 0 aliphatic heterocycles. The first-order valence-corrected chi connectivity index (χ1v) is 12.5. The lowest BCUT2D eigenvalue weighted by atomic mass is 9.78. The number of unbranched alkanes of at least 4 members (excludes halogenated alkanes) is 4. The summed E-state index contributed by atoms with van der Waals surface area (Å²) in [5, 5.41) is 0. The van der Waals surface area contributed by atoms with Gasteiger partial charge in [-0.3, -0.25) is 0 Å². The molecule has 1 fully saturated rings. The second kappa shape index (κ2) is 12.6. The fourth-order valence-electron chi connectivity index (χ4n) is 4.60. The minimum absolute atomic E-state index is 0.568. The number of hydrogen-bond acceptors (Lipinski definition) is 0. The van der Waals surface area contributed by atoms with Gasteiger partial charge in [-0.05, 0) is 86.1 Å². The highest BCUT2D eigenvalue weighted by Crippen LogP contribution is 2.35. The molecule has 2 aromatic carbocycles. The van der Waals surface area contributed by atoms with E-state index < -0.39 is 0 Å². The molecule has 160 valence electrons. The topological polar surface area (TPSA) is 0 Å². The highest BCUT2D eigenvalue weighted by atomic mass is 14.2. The molecule has 0 aromatic heterocycles. The average molecular weight is 401 g/mol. The van der Waals surface area contributed by atoms with Crippen molar-refractivity contribution in [2.24, 2.45) is 5.92 Å². The molecule has 1 saturated carbocycles. The van der Waals surface area contributed by atoms with Gasteiger partial charge in [-0.25, -0.2) is 0 Å². The summed E-state index contributed by atoms with van der Waals surface area (Å²) in [6, 6.07) is 18.4. The lowest BCUT2D eigenvalue weighted by molar-refractivity contribution is 0.384. The minimum Gasteiger partial charge on any atom is -0.0945 e. The minimum atomic E-state index is 0.568. The van der Waals surface area contributed by atoms with Crippen LogP contribution in [-0.2, 0) is 12.8 Å². The predicted octanol–water partition coefficient (Wildman–Crippen LogP) is 8.48. The summed E-state index contributed by atoms with van der Waals surface area (Å²) in [5.74, 6) is 8.32. The molecular formula is C30H40. The zero-order valence-corrected chi connectivity index (χ0v) is 19.3. The van der Waals surface area contributed by atoms with E-state index in [4.69, 9.17) is 0 Å². The van der Waals surface area contributed by atoms with Gasteiger partial charge in [0.25, 0.3) is 0 Å². The summed E-state index contributed by atoms with van der Waals surface area (Å²) in [4.78, 5) is 0. The van der Waals surface area contributed by atoms with Gasteiger partial charge in [0, 0.05) is 11.5 Å². The third-order valence-corrected chi connectivity index (χ3v) is 6.69. The van der Waals surface area contributed by atoms with Crippen LogP contribution < -0.4 is 0 Å². The maximum Gasteiger partial charge on any atom is 0.0245 e. The number of benzene rings is 2. The first-order chi connectivity index (χ1) is 14.8. The van der Waals surface area contributed by atoms with Crippen molar-refractivity contribution in [2.75, 3.05) is 0 Å². The van der Waals surface area contributed by atoms with E-state index in [0.717, 1.165) is 5.92 Å². The van der Waals surface area contributed by atoms with Gasteiger partial charge in [-0.1, -0.05) is 87.8 Å². The average Bonchev–Trinajstić information content (AvgIpc) is 2.81. The molecule has 0 spiro atoms. The van der Waals surface area contributed by atoms with Gasteiger partial charge in [0.2, 0.25) is 0 Å². The SMILES string of the molecule is CCCCCCc1ccc(C#CC2CCC(c3ccc(CCCC)cc3)CC2)cc1. The van der Waals surface area contributed by atoms with E-state index in [1.165, 1.54) is 99.3 Å². The van der Waals surface area contributed by atoms with Gasteiger partial charge in [-0.2, -0.15) is 0 Å². The molecule has 0 heterocycles. The van der Waals surface area contributed by atoms with Crippen molar-refractivity contribution in [1.29, 1.82) is 0 Å². The zero-order chi connectivity index (χ0) is 21.0. The second-order valence-electron chi connectivity index (χ2n) is 9.17. The van der Waals surface area contributed by atoms with Crippen molar-refractivity contribution < 1.29 is 0 Å². The molecule has 0 radical (unpaired) electrons. The Balaban J connectivity index is 1.44. The van der Waals surface area contributed by atoms with Crippen LogP contribution in [0.4, 0.5) is 0 Å². The Kier molecular flexibility index (Phi) is 9.56. The van der Waals surface area contributed by atoms with Gasteiger partial charge >= 0.3 is 0 Å². The van der Waals surface area contributed by atoms with Crippen LogP contribution in [0.15, 0.2) is 48.5 Å². The van der Waals surface area contributed by atoms with E-state index in [-0.39, 0.29) is 0 Å². The third kappa shape index (κ3) is 7.36. The van der Waals surface area contributed by atoms with Crippen molar-refractivity contribution in [3.8, 4) is 11.8 Å². The Bertz CT molecular complexity index is 777. The van der Waals surface area contributed by atoms with Gasteiger partial charge in [0.05, 0.1) is 0 Å². The maximum atomic E-state index is 3.57. The molecule has 3 rings (SSSR count). The van der Waals surface area contributed by atoms with Crippen molar-refractivity contribution in [3.05, 3.63) is 70.8 Å². The van der Waals surface area contributed by atoms with E-state index >= 15 is 0 Å². The number of hydrogen-bond donors (Lipinski definition) is 0. The van der Waals surface area contributed by atoms with E-state index in [1.807, 2.05) is 0 Å². The lowest BCUT2D eigenvalue weighted by Crippen LogP contribution is -2.12. The molecule has 2 aromatic rings. The molecule has 1 aliphatic carbocycles. The Morgan fingerprint density at radius 2 is 1.27 bits per heavy atom. The summed E-state index contributed by atoms with van der Waals surface area (Å²) >= 11 is 0. The first-order valence-electron chi connectivity index (χ1n) is 12.5. The Labute approximate surface area is 185 Å². The molecule has 0 amide bonds. The molecule has 0 unspecified atom stereocenters. The molecule has 0 saturated heterocycles. The van der Waals surface area contributed by atoms with Crippen LogP contribution in [0.2, 0.25) is 0 Å². The maximum absolute atomic E-state index is 3.57. The molecule has 1 aliphatic rings. The zero-order valence-electron chi connectivity index (χ0n) is 19.3. The fourth-order valence-corrected chi connectivity index (χ4v) is 4.60. The van der Waals surface area contributed by atoms with Crippen molar-refractivity contribution >= 4 is 0 Å². The quantitative estimate of drug-likeness (QED) is 0.292. The summed E-state index contributed by atoms with van der Waals surface area (Å²) in [6.07, 6.45) is 15.4. The van der Waals surface area contributed by atoms with E-state index in [0.29, 0.717) is 5.92 Å². The summed E-state index contributed by atoms with van der Waals surface area (Å²) in [7, 11) is 0. The molecule has 30 heavy (non-hydrogen) atoms. The van der Waals surface area contributed by atoms with Crippen LogP contribution in [0.25, 0.3) is 0 Å². The Morgan fingerprint density at radius 1 is 0.667 bits per heavy atom. The number of aryl methyl sites for hydroxylation is 2. The van der Waals surface area contributed by atoms with E-state index in [2.05, 4.69) is 74.2 Å². The third-order valence-electron chi connectivity index (χ3n) is 6.69. The monoisotopic (exact) mass is 400 g/mol. The molecular weight excluding hydrogens is 360 g/mol. The molecule has 0 heteroatoms. The Hall–Kier alpha value is -2.00. The standard InChI is InChI=1S/C30H40/c1-3-5-7-8-10-26-11-13-27(14-12-26)15-16-28-19-23-30(24-20-28)29-21-17-25(18-22-29)9-6-4-2/h11-14,17-18,21-22,28,30H,3-10,19-20,23-24H2,1-2H3. The van der Waals surface area contributed by atoms with Crippen molar-refractivity contribution in [1.82, 2.24) is 0 Å². The second-order valence-corrected chi connectivity index (χ2v) is 9.17. The van der Waals surface area contributed by atoms with Crippen molar-refractivity contribution in [2.45, 2.75) is 96.8 Å². The fraction of sp³-hybridized carbons (Fsp3) is 0.533. The summed E-state index contributed by atoms with van der Waals surface area (Å²) < 4.78 is 0. The molecule has 0 atom stereocenters. The smallest absolute Gasteiger partial charge is 0.0245 e. The van der Waals surface area contributed by atoms with Gasteiger partial charge < -0.3 is 0 Å². The van der Waals surface area contributed by atoms with Crippen LogP contribution in [0.3, 0.4) is 0 Å². The summed E-state index contributed by atoms with van der Waals surface area (Å²) in [5.41, 5.74) is 5.67. The van der Waals surface area contributed by atoms with Crippen LogP contribution >= 0.6 is 0 Å². The Morgan fingerprint density at radius 3 is 1.90 bits per heavy atom. The highest BCUT2D eigenvalue weighted by Gasteiger charge is 2.21. The molecule has 0 bridgehead atoms. The largest absolute Gasteiger partial charge is 0.0945 e. The normalized spacial score (nSPS) is 18.6. The van der Waals surface area contributed by atoms with Gasteiger partial charge in [-0.15, -0.1) is 0 Å². The molecule has 0 nitrogen and oxygen atoms in total. The van der Waals surface area contributed by atoms with Crippen LogP contribution in [-0.4, -0.2) is 0 Å². The summed E-state index contributed by atoms with van der Waals surface area (Å²) in [6.45, 7) is 4.53. The first kappa shape index (κ1) is 22.7. The molecule has 0 N–H and O–H groups in total. The van der Waals surface area contributed by atoms with Gasteiger partial charge in [0.15, 0.2) is 0 Å². The predicted molar refractivity (Wildman–Crippen MR) is 131 cm³/mol. The van der Waals surface area contributed by atoms with Crippen LogP contribution in [0.5, 0.6) is 0 Å². The number of rotatable bonds is 9. The van der Waals surface area contributed by atoms with Crippen molar-refractivity contribution in [3.63, 3.8) is 0 Å². The van der Waals surface area contributed by atoms with Crippen LogP contribution in [0, 0.1) is 17.8 Å². The highest BCUT2D eigenvalue weighted by molar-refractivity contribution is 5.37.